The van der Waals surface area contributed by atoms with Gasteiger partial charge in [-0.05, 0) is 74.0 Å². The van der Waals surface area contributed by atoms with Gasteiger partial charge in [0.2, 0.25) is 0 Å². The first-order chi connectivity index (χ1) is 12.3. The maximum Gasteiger partial charge on any atom is 0.306 e. The van der Waals surface area contributed by atoms with Crippen molar-refractivity contribution in [3.05, 3.63) is 0 Å². The summed E-state index contributed by atoms with van der Waals surface area (Å²) in [6, 6.07) is 0. The number of carbonyl (C=O) groups excluding carboxylic acids is 1. The Hall–Kier alpha value is -0.900. The zero-order valence-electron chi connectivity index (χ0n) is 16.5. The number of ether oxygens (including phenoxy) is 1. The number of hydrogen-bond donors (Lipinski definition) is 1. The molecule has 4 fully saturated rings. The van der Waals surface area contributed by atoms with E-state index in [0.717, 1.165) is 44.9 Å². The number of hydrogen-bond acceptors (Lipinski definition) is 3. The molecule has 8 atom stereocenters. The molecule has 2 heterocycles. The van der Waals surface area contributed by atoms with E-state index >= 15 is 0 Å². The van der Waals surface area contributed by atoms with E-state index in [1.165, 1.54) is 6.42 Å². The van der Waals surface area contributed by atoms with Crippen LogP contribution in [0.4, 0.5) is 0 Å². The molecule has 2 aliphatic carbocycles. The third-order valence-corrected chi connectivity index (χ3v) is 8.66. The zero-order valence-corrected chi connectivity index (χ0v) is 16.5. The molecule has 1 spiro atoms. The average Bonchev–Trinajstić information content (AvgIpc) is 2.90. The van der Waals surface area contributed by atoms with Crippen LogP contribution in [-0.2, 0) is 14.3 Å². The minimum atomic E-state index is -0.718. The Kier molecular flexibility index (Phi) is 4.49. The third kappa shape index (κ3) is 2.58. The van der Waals surface area contributed by atoms with Gasteiger partial charge in [0.15, 0.2) is 5.78 Å². The number of Topliss-reactive ketones (excluding diaryl/α,β-unsaturated/α-hetero) is 1. The SMILES string of the molecule is CC1CCC2C3CCC(C(C)C(=O)O)C3(C)CC(=O)C23CCCC(C1)O3. The van der Waals surface area contributed by atoms with Crippen molar-refractivity contribution in [3.8, 4) is 0 Å². The minimum Gasteiger partial charge on any atom is -0.481 e. The summed E-state index contributed by atoms with van der Waals surface area (Å²) >= 11 is 0. The molecule has 0 amide bonds. The van der Waals surface area contributed by atoms with Gasteiger partial charge in [0, 0.05) is 6.42 Å². The van der Waals surface area contributed by atoms with E-state index in [0.29, 0.717) is 18.3 Å². The van der Waals surface area contributed by atoms with Gasteiger partial charge in [0.25, 0.3) is 0 Å². The van der Waals surface area contributed by atoms with Crippen molar-refractivity contribution in [1.29, 1.82) is 0 Å². The van der Waals surface area contributed by atoms with Gasteiger partial charge in [-0.25, -0.2) is 0 Å². The number of ketones is 1. The second-order valence-corrected chi connectivity index (χ2v) is 10.1. The highest BCUT2D eigenvalue weighted by Gasteiger charge is 2.65. The number of carboxylic acids is 1. The van der Waals surface area contributed by atoms with Crippen LogP contribution in [0.5, 0.6) is 0 Å². The average molecular weight is 363 g/mol. The van der Waals surface area contributed by atoms with Crippen molar-refractivity contribution in [2.45, 2.75) is 90.3 Å². The molecule has 2 bridgehead atoms. The summed E-state index contributed by atoms with van der Waals surface area (Å²) in [4.78, 5) is 25.2. The van der Waals surface area contributed by atoms with Crippen LogP contribution in [-0.4, -0.2) is 28.6 Å². The molecule has 2 saturated carbocycles. The number of carbonyl (C=O) groups is 2. The van der Waals surface area contributed by atoms with Crippen molar-refractivity contribution in [3.63, 3.8) is 0 Å². The lowest BCUT2D eigenvalue weighted by Crippen LogP contribution is -2.62. The fourth-order valence-corrected chi connectivity index (χ4v) is 7.35. The first kappa shape index (κ1) is 18.5. The quantitative estimate of drug-likeness (QED) is 0.788. The third-order valence-electron chi connectivity index (χ3n) is 8.66. The van der Waals surface area contributed by atoms with E-state index in [2.05, 4.69) is 13.8 Å². The van der Waals surface area contributed by atoms with Crippen LogP contribution in [0.2, 0.25) is 0 Å². The summed E-state index contributed by atoms with van der Waals surface area (Å²) in [7, 11) is 0. The Morgan fingerprint density at radius 1 is 1.19 bits per heavy atom. The summed E-state index contributed by atoms with van der Waals surface area (Å²) in [5.74, 6) is 0.652. The Balaban J connectivity index is 1.71. The fourth-order valence-electron chi connectivity index (χ4n) is 7.35. The summed E-state index contributed by atoms with van der Waals surface area (Å²) in [6.07, 6.45) is 9.14. The Bertz CT molecular complexity index is 601. The van der Waals surface area contributed by atoms with Gasteiger partial charge in [-0.3, -0.25) is 9.59 Å². The van der Waals surface area contributed by atoms with E-state index in [1.54, 1.807) is 0 Å². The Morgan fingerprint density at radius 2 is 1.92 bits per heavy atom. The van der Waals surface area contributed by atoms with E-state index < -0.39 is 11.6 Å². The maximum absolute atomic E-state index is 13.5. The van der Waals surface area contributed by atoms with Gasteiger partial charge in [0.05, 0.1) is 12.0 Å². The predicted molar refractivity (Wildman–Crippen MR) is 98.7 cm³/mol. The molecule has 26 heavy (non-hydrogen) atoms. The number of carboxylic acid groups (broad SMARTS) is 1. The van der Waals surface area contributed by atoms with Crippen molar-refractivity contribution in [2.75, 3.05) is 0 Å². The molecule has 146 valence electrons. The Morgan fingerprint density at radius 3 is 2.65 bits per heavy atom. The van der Waals surface area contributed by atoms with Crippen molar-refractivity contribution in [1.82, 2.24) is 0 Å². The molecule has 1 N–H and O–H groups in total. The molecule has 4 rings (SSSR count). The van der Waals surface area contributed by atoms with Crippen molar-refractivity contribution < 1.29 is 19.4 Å². The van der Waals surface area contributed by atoms with Crippen LogP contribution in [0.1, 0.15) is 78.6 Å². The van der Waals surface area contributed by atoms with E-state index in [9.17, 15) is 14.7 Å². The standard InChI is InChI=1S/C22H34O4/c1-13-6-7-18-17-9-8-16(14(2)20(24)25)21(17,3)12-19(23)22(18)10-4-5-15(11-13)26-22/h13-18H,4-12H2,1-3H3,(H,24,25). The molecule has 4 nitrogen and oxygen atoms in total. The molecule has 2 saturated heterocycles. The van der Waals surface area contributed by atoms with Crippen LogP contribution < -0.4 is 0 Å². The summed E-state index contributed by atoms with van der Waals surface area (Å²) in [6.45, 7) is 6.36. The van der Waals surface area contributed by atoms with Gasteiger partial charge in [-0.1, -0.05) is 27.2 Å². The molecule has 8 unspecified atom stereocenters. The number of aliphatic carboxylic acids is 1. The number of fused-ring (bicyclic) bond motifs is 3. The van der Waals surface area contributed by atoms with Gasteiger partial charge in [0.1, 0.15) is 5.60 Å². The molecule has 0 aromatic carbocycles. The molecule has 0 radical (unpaired) electrons. The molecule has 4 aliphatic rings. The largest absolute Gasteiger partial charge is 0.481 e. The highest BCUT2D eigenvalue weighted by Crippen LogP contribution is 2.64. The summed E-state index contributed by atoms with van der Waals surface area (Å²) in [5.41, 5.74) is -0.738. The Labute approximate surface area is 157 Å². The first-order valence-electron chi connectivity index (χ1n) is 10.7. The highest BCUT2D eigenvalue weighted by molar-refractivity contribution is 5.90. The van der Waals surface area contributed by atoms with Gasteiger partial charge in [-0.2, -0.15) is 0 Å². The van der Waals surface area contributed by atoms with Gasteiger partial charge >= 0.3 is 5.97 Å². The van der Waals surface area contributed by atoms with E-state index in [1.807, 2.05) is 6.92 Å². The maximum atomic E-state index is 13.5. The van der Waals surface area contributed by atoms with Crippen molar-refractivity contribution >= 4 is 11.8 Å². The normalized spacial score (nSPS) is 49.5. The molecule has 0 aromatic rings. The van der Waals surface area contributed by atoms with Crippen LogP contribution >= 0.6 is 0 Å². The van der Waals surface area contributed by atoms with Crippen molar-refractivity contribution in [2.24, 2.45) is 35.0 Å². The predicted octanol–water partition coefficient (Wildman–Crippen LogP) is 4.46. The smallest absolute Gasteiger partial charge is 0.306 e. The molecule has 2 aliphatic heterocycles. The lowest BCUT2D eigenvalue weighted by molar-refractivity contribution is -0.213. The molecular weight excluding hydrogens is 328 g/mol. The van der Waals surface area contributed by atoms with E-state index in [-0.39, 0.29) is 35.1 Å². The monoisotopic (exact) mass is 362 g/mol. The molecule has 0 aromatic heterocycles. The highest BCUT2D eigenvalue weighted by atomic mass is 16.5. The molecule has 4 heteroatoms. The second-order valence-electron chi connectivity index (χ2n) is 10.1. The summed E-state index contributed by atoms with van der Waals surface area (Å²) < 4.78 is 6.63. The minimum absolute atomic E-state index is 0.105. The van der Waals surface area contributed by atoms with Gasteiger partial charge in [-0.15, -0.1) is 0 Å². The first-order valence-corrected chi connectivity index (χ1v) is 10.7. The van der Waals surface area contributed by atoms with Crippen LogP contribution in [0.3, 0.4) is 0 Å². The lowest BCUT2D eigenvalue weighted by Gasteiger charge is -2.57. The van der Waals surface area contributed by atoms with Crippen LogP contribution in [0.25, 0.3) is 0 Å². The lowest BCUT2D eigenvalue weighted by atomic mass is 9.52. The zero-order chi connectivity index (χ0) is 18.7. The molecular formula is C22H34O4. The fraction of sp³-hybridized carbons (Fsp3) is 0.909. The van der Waals surface area contributed by atoms with Crippen LogP contribution in [0, 0.1) is 35.0 Å². The van der Waals surface area contributed by atoms with Gasteiger partial charge < -0.3 is 9.84 Å². The topological polar surface area (TPSA) is 63.6 Å². The second kappa shape index (κ2) is 6.32. The number of rotatable bonds is 2. The summed E-state index contributed by atoms with van der Waals surface area (Å²) in [5, 5.41) is 9.59. The van der Waals surface area contributed by atoms with Crippen LogP contribution in [0.15, 0.2) is 0 Å². The van der Waals surface area contributed by atoms with E-state index in [4.69, 9.17) is 4.74 Å².